The molecule has 4 nitrogen and oxygen atoms in total. The quantitative estimate of drug-likeness (QED) is 0.803. The van der Waals surface area contributed by atoms with Crippen molar-refractivity contribution in [1.29, 1.82) is 0 Å². The Kier molecular flexibility index (Phi) is 5.65. The van der Waals surface area contributed by atoms with Crippen LogP contribution in [0.5, 0.6) is 0 Å². The number of aryl methyl sites for hydroxylation is 2. The van der Waals surface area contributed by atoms with E-state index >= 15 is 0 Å². The van der Waals surface area contributed by atoms with Crippen LogP contribution >= 0.6 is 11.6 Å². The van der Waals surface area contributed by atoms with E-state index in [2.05, 4.69) is 10.6 Å². The molecule has 1 rings (SSSR count). The summed E-state index contributed by atoms with van der Waals surface area (Å²) in [5.41, 5.74) is 2.88. The SMILES string of the molecule is Cc1cccc(C)c1NC(=O)CCNC(=O)CCl. The molecule has 0 bridgehead atoms. The summed E-state index contributed by atoms with van der Waals surface area (Å²) in [4.78, 5) is 22.6. The van der Waals surface area contributed by atoms with Crippen molar-refractivity contribution in [3.05, 3.63) is 29.3 Å². The fourth-order valence-electron chi connectivity index (χ4n) is 1.58. The third-order valence-electron chi connectivity index (χ3n) is 2.54. The minimum Gasteiger partial charge on any atom is -0.355 e. The molecule has 0 aliphatic carbocycles. The molecule has 2 amide bonds. The van der Waals surface area contributed by atoms with Gasteiger partial charge >= 0.3 is 0 Å². The highest BCUT2D eigenvalue weighted by Crippen LogP contribution is 2.19. The van der Waals surface area contributed by atoms with Gasteiger partial charge in [-0.05, 0) is 25.0 Å². The molecule has 0 heterocycles. The van der Waals surface area contributed by atoms with E-state index in [0.29, 0.717) is 6.54 Å². The monoisotopic (exact) mass is 268 g/mol. The summed E-state index contributed by atoms with van der Waals surface area (Å²) in [5, 5.41) is 5.39. The van der Waals surface area contributed by atoms with Crippen molar-refractivity contribution in [3.8, 4) is 0 Å². The van der Waals surface area contributed by atoms with E-state index in [9.17, 15) is 9.59 Å². The van der Waals surface area contributed by atoms with Gasteiger partial charge in [-0.2, -0.15) is 0 Å². The number of carbonyl (C=O) groups is 2. The average molecular weight is 269 g/mol. The Labute approximate surface area is 112 Å². The van der Waals surface area contributed by atoms with Crippen LogP contribution in [0.4, 0.5) is 5.69 Å². The van der Waals surface area contributed by atoms with Gasteiger partial charge in [0.25, 0.3) is 0 Å². The molecule has 0 aliphatic rings. The Balaban J connectivity index is 2.47. The van der Waals surface area contributed by atoms with E-state index in [1.807, 2.05) is 32.0 Å². The molecule has 0 radical (unpaired) electrons. The number of anilines is 1. The smallest absolute Gasteiger partial charge is 0.234 e. The Bertz CT molecular complexity index is 426. The standard InChI is InChI=1S/C13H17ClN2O2/c1-9-4-3-5-10(2)13(9)16-11(17)6-7-15-12(18)8-14/h3-5H,6-8H2,1-2H3,(H,15,18)(H,16,17). The molecule has 0 aromatic heterocycles. The van der Waals surface area contributed by atoms with Crippen molar-refractivity contribution in [3.63, 3.8) is 0 Å². The number of halogens is 1. The number of carbonyl (C=O) groups excluding carboxylic acids is 2. The first-order valence-electron chi connectivity index (χ1n) is 5.73. The van der Waals surface area contributed by atoms with Gasteiger partial charge in [0.2, 0.25) is 11.8 Å². The molecule has 0 aliphatic heterocycles. The zero-order chi connectivity index (χ0) is 13.5. The van der Waals surface area contributed by atoms with Gasteiger partial charge in [0.15, 0.2) is 0 Å². The first-order chi connectivity index (χ1) is 8.54. The van der Waals surface area contributed by atoms with E-state index in [1.54, 1.807) is 0 Å². The predicted octanol–water partition coefficient (Wildman–Crippen LogP) is 1.99. The zero-order valence-electron chi connectivity index (χ0n) is 10.5. The minimum atomic E-state index is -0.267. The van der Waals surface area contributed by atoms with Crippen LogP contribution in [0.2, 0.25) is 0 Å². The van der Waals surface area contributed by atoms with Crippen LogP contribution in [0, 0.1) is 13.8 Å². The molecule has 0 spiro atoms. The maximum atomic E-state index is 11.7. The summed E-state index contributed by atoms with van der Waals surface area (Å²) >= 11 is 5.33. The molecule has 0 fully saturated rings. The summed E-state index contributed by atoms with van der Waals surface area (Å²) < 4.78 is 0. The van der Waals surface area contributed by atoms with Crippen LogP contribution in [0.1, 0.15) is 17.5 Å². The number of benzene rings is 1. The van der Waals surface area contributed by atoms with Crippen LogP contribution in [-0.2, 0) is 9.59 Å². The van der Waals surface area contributed by atoms with Gasteiger partial charge < -0.3 is 10.6 Å². The molecule has 0 saturated heterocycles. The fraction of sp³-hybridized carbons (Fsp3) is 0.385. The molecule has 1 aromatic rings. The maximum absolute atomic E-state index is 11.7. The van der Waals surface area contributed by atoms with Crippen molar-refractivity contribution in [1.82, 2.24) is 5.32 Å². The Morgan fingerprint density at radius 1 is 1.17 bits per heavy atom. The molecular formula is C13H17ClN2O2. The number of rotatable bonds is 5. The largest absolute Gasteiger partial charge is 0.355 e. The van der Waals surface area contributed by atoms with Gasteiger partial charge in [0, 0.05) is 18.7 Å². The van der Waals surface area contributed by atoms with E-state index in [1.165, 1.54) is 0 Å². The molecular weight excluding hydrogens is 252 g/mol. The second kappa shape index (κ2) is 7.01. The predicted molar refractivity (Wildman–Crippen MR) is 72.9 cm³/mol. The number of hydrogen-bond donors (Lipinski definition) is 2. The zero-order valence-corrected chi connectivity index (χ0v) is 11.3. The van der Waals surface area contributed by atoms with Crippen molar-refractivity contribution >= 4 is 29.1 Å². The van der Waals surface area contributed by atoms with E-state index in [-0.39, 0.29) is 24.1 Å². The highest BCUT2D eigenvalue weighted by Gasteiger charge is 2.07. The lowest BCUT2D eigenvalue weighted by atomic mass is 10.1. The topological polar surface area (TPSA) is 58.2 Å². The second-order valence-corrected chi connectivity index (χ2v) is 4.32. The van der Waals surface area contributed by atoms with Gasteiger partial charge in [-0.25, -0.2) is 0 Å². The molecule has 1 aromatic carbocycles. The van der Waals surface area contributed by atoms with Crippen molar-refractivity contribution in [2.45, 2.75) is 20.3 Å². The summed E-state index contributed by atoms with van der Waals surface area (Å²) in [6, 6.07) is 5.83. The molecule has 0 atom stereocenters. The number of nitrogens with one attached hydrogen (secondary N) is 2. The van der Waals surface area contributed by atoms with Gasteiger partial charge in [-0.3, -0.25) is 9.59 Å². The average Bonchev–Trinajstić information content (AvgIpc) is 2.34. The van der Waals surface area contributed by atoms with Crippen molar-refractivity contribution in [2.75, 3.05) is 17.7 Å². The van der Waals surface area contributed by atoms with E-state index < -0.39 is 0 Å². The third kappa shape index (κ3) is 4.37. The van der Waals surface area contributed by atoms with Crippen LogP contribution in [0.25, 0.3) is 0 Å². The highest BCUT2D eigenvalue weighted by molar-refractivity contribution is 6.27. The Morgan fingerprint density at radius 2 is 1.78 bits per heavy atom. The van der Waals surface area contributed by atoms with Crippen molar-refractivity contribution in [2.24, 2.45) is 0 Å². The maximum Gasteiger partial charge on any atom is 0.234 e. The number of amides is 2. The van der Waals surface area contributed by atoms with Crippen molar-refractivity contribution < 1.29 is 9.59 Å². The normalized spacial score (nSPS) is 9.94. The summed E-state index contributed by atoms with van der Waals surface area (Å²) in [5.74, 6) is -0.475. The summed E-state index contributed by atoms with van der Waals surface area (Å²) in [7, 11) is 0. The lowest BCUT2D eigenvalue weighted by Gasteiger charge is -2.11. The summed E-state index contributed by atoms with van der Waals surface area (Å²) in [6.45, 7) is 4.18. The third-order valence-corrected chi connectivity index (χ3v) is 2.78. The second-order valence-electron chi connectivity index (χ2n) is 4.05. The highest BCUT2D eigenvalue weighted by atomic mass is 35.5. The number of para-hydroxylation sites is 1. The van der Waals surface area contributed by atoms with Crippen LogP contribution in [-0.4, -0.2) is 24.2 Å². The molecule has 2 N–H and O–H groups in total. The van der Waals surface area contributed by atoms with Gasteiger partial charge in [-0.15, -0.1) is 11.6 Å². The fourth-order valence-corrected chi connectivity index (χ4v) is 1.67. The Hall–Kier alpha value is -1.55. The van der Waals surface area contributed by atoms with E-state index in [0.717, 1.165) is 16.8 Å². The first-order valence-corrected chi connectivity index (χ1v) is 6.26. The molecule has 18 heavy (non-hydrogen) atoms. The lowest BCUT2D eigenvalue weighted by Crippen LogP contribution is -2.28. The molecule has 0 unspecified atom stereocenters. The van der Waals surface area contributed by atoms with Gasteiger partial charge in [0.05, 0.1) is 0 Å². The van der Waals surface area contributed by atoms with Crippen LogP contribution in [0.3, 0.4) is 0 Å². The van der Waals surface area contributed by atoms with Crippen LogP contribution < -0.4 is 10.6 Å². The van der Waals surface area contributed by atoms with Gasteiger partial charge in [0.1, 0.15) is 5.88 Å². The van der Waals surface area contributed by atoms with Crippen LogP contribution in [0.15, 0.2) is 18.2 Å². The number of hydrogen-bond acceptors (Lipinski definition) is 2. The Morgan fingerprint density at radius 3 is 2.33 bits per heavy atom. The lowest BCUT2D eigenvalue weighted by molar-refractivity contribution is -0.119. The number of alkyl halides is 1. The summed E-state index contributed by atoms with van der Waals surface area (Å²) in [6.07, 6.45) is 0.233. The van der Waals surface area contributed by atoms with Gasteiger partial charge in [-0.1, -0.05) is 18.2 Å². The van der Waals surface area contributed by atoms with E-state index in [4.69, 9.17) is 11.6 Å². The first kappa shape index (κ1) is 14.5. The molecule has 0 saturated carbocycles. The molecule has 5 heteroatoms. The minimum absolute atomic E-state index is 0.0848. The molecule has 98 valence electrons.